The molecule has 3 unspecified atom stereocenters. The van der Waals surface area contributed by atoms with Crippen LogP contribution >= 0.6 is 37.2 Å². The molecule has 5 heteroatoms. The SMILES string of the molecule is C/C=C(/C)[C@@H]1C(C)=CC2C(O)CC[C@H](C)C2[C@@H]1/C=C/C=C/C(=O)O.II. The average Bonchev–Trinajstić information content (AvgIpc) is 2.62. The molecule has 0 aliphatic heterocycles. The lowest BCUT2D eigenvalue weighted by Crippen LogP contribution is -2.45. The lowest BCUT2D eigenvalue weighted by Gasteiger charge is -2.48. The molecule has 0 aromatic carbocycles. The van der Waals surface area contributed by atoms with Crippen LogP contribution in [0.5, 0.6) is 0 Å². The Morgan fingerprint density at radius 3 is 2.50 bits per heavy atom. The van der Waals surface area contributed by atoms with Gasteiger partial charge in [0.25, 0.3) is 0 Å². The zero-order valence-electron chi connectivity index (χ0n) is 15.9. The fourth-order valence-electron chi connectivity index (χ4n) is 4.66. The fourth-order valence-corrected chi connectivity index (χ4v) is 4.66. The minimum atomic E-state index is -0.931. The van der Waals surface area contributed by atoms with Crippen molar-refractivity contribution >= 4 is 43.2 Å². The van der Waals surface area contributed by atoms with Crippen LogP contribution in [0.2, 0.25) is 0 Å². The highest BCUT2D eigenvalue weighted by molar-refractivity contribution is 15.0. The Morgan fingerprint density at radius 1 is 1.27 bits per heavy atom. The maximum absolute atomic E-state index is 10.7. The first-order valence-electron chi connectivity index (χ1n) is 9.08. The summed E-state index contributed by atoms with van der Waals surface area (Å²) in [5.41, 5.74) is 2.66. The summed E-state index contributed by atoms with van der Waals surface area (Å²) in [6, 6.07) is 0. The van der Waals surface area contributed by atoms with Crippen molar-refractivity contribution in [1.82, 2.24) is 0 Å². The second kappa shape index (κ2) is 11.6. The lowest BCUT2D eigenvalue weighted by atomic mass is 9.57. The molecule has 0 aromatic heterocycles. The average molecular weight is 584 g/mol. The van der Waals surface area contributed by atoms with Crippen molar-refractivity contribution in [3.05, 3.63) is 47.6 Å². The summed E-state index contributed by atoms with van der Waals surface area (Å²) in [7, 11) is 0. The summed E-state index contributed by atoms with van der Waals surface area (Å²) in [5.74, 6) is 0.838. The van der Waals surface area contributed by atoms with E-state index in [0.717, 1.165) is 18.9 Å². The Morgan fingerprint density at radius 2 is 1.92 bits per heavy atom. The third kappa shape index (κ3) is 5.92. The second-order valence-electron chi connectivity index (χ2n) is 7.36. The highest BCUT2D eigenvalue weighted by atomic mass is 128. The Labute approximate surface area is 181 Å². The van der Waals surface area contributed by atoms with Crippen molar-refractivity contribution in [1.29, 1.82) is 0 Å². The molecule has 3 nitrogen and oxygen atoms in total. The molecule has 0 aromatic rings. The standard InChI is InChI=1S/C21H30O3.I2/c1-5-13(2)20-15(4)12-17-18(22)11-10-14(3)21(17)16(20)8-6-7-9-19(23)24;1-2/h5-9,12,14,16-18,20-22H,10-11H2,1-4H3,(H,23,24);/b8-6+,9-7+,13-5-;/t14-,16+,17?,18?,20+,21?;/m0./s1. The first kappa shape index (κ1) is 23.9. The van der Waals surface area contributed by atoms with Crippen LogP contribution in [0.1, 0.15) is 40.5 Å². The van der Waals surface area contributed by atoms with Crippen molar-refractivity contribution in [2.75, 3.05) is 0 Å². The van der Waals surface area contributed by atoms with E-state index < -0.39 is 5.97 Å². The van der Waals surface area contributed by atoms with Crippen LogP contribution in [0.4, 0.5) is 0 Å². The van der Waals surface area contributed by atoms with E-state index in [0.29, 0.717) is 23.7 Å². The van der Waals surface area contributed by atoms with Crippen LogP contribution in [0.25, 0.3) is 0 Å². The van der Waals surface area contributed by atoms with Crippen LogP contribution in [0, 0.1) is 29.6 Å². The van der Waals surface area contributed by atoms with Crippen molar-refractivity contribution in [3.63, 3.8) is 0 Å². The molecule has 6 atom stereocenters. The highest BCUT2D eigenvalue weighted by Gasteiger charge is 2.45. The van der Waals surface area contributed by atoms with Crippen molar-refractivity contribution < 1.29 is 15.0 Å². The molecule has 2 rings (SSSR count). The lowest BCUT2D eigenvalue weighted by molar-refractivity contribution is -0.131. The van der Waals surface area contributed by atoms with Crippen molar-refractivity contribution in [2.24, 2.45) is 29.6 Å². The van der Waals surface area contributed by atoms with E-state index in [-0.39, 0.29) is 12.0 Å². The summed E-state index contributed by atoms with van der Waals surface area (Å²) in [5, 5.41) is 19.3. The quantitative estimate of drug-likeness (QED) is 0.181. The molecule has 0 amide bonds. The normalized spacial score (nSPS) is 34.9. The van der Waals surface area contributed by atoms with E-state index >= 15 is 0 Å². The van der Waals surface area contributed by atoms with Gasteiger partial charge in [-0.15, -0.1) is 0 Å². The van der Waals surface area contributed by atoms with Gasteiger partial charge >= 0.3 is 5.97 Å². The molecule has 1 saturated carbocycles. The summed E-state index contributed by atoms with van der Waals surface area (Å²) >= 11 is 4.24. The number of rotatable bonds is 4. The molecule has 146 valence electrons. The van der Waals surface area contributed by atoms with Gasteiger partial charge in [0.2, 0.25) is 0 Å². The van der Waals surface area contributed by atoms with Crippen molar-refractivity contribution in [3.8, 4) is 0 Å². The highest BCUT2D eigenvalue weighted by Crippen LogP contribution is 2.50. The molecule has 2 aliphatic carbocycles. The minimum Gasteiger partial charge on any atom is -0.478 e. The summed E-state index contributed by atoms with van der Waals surface area (Å²) in [6.07, 6.45) is 12.9. The molecule has 0 heterocycles. The van der Waals surface area contributed by atoms with E-state index in [1.807, 2.05) is 6.08 Å². The van der Waals surface area contributed by atoms with Gasteiger partial charge in [-0.25, -0.2) is 4.79 Å². The maximum atomic E-state index is 10.7. The molecule has 26 heavy (non-hydrogen) atoms. The number of carboxylic acid groups (broad SMARTS) is 1. The topological polar surface area (TPSA) is 57.5 Å². The van der Waals surface area contributed by atoms with Gasteiger partial charge < -0.3 is 10.2 Å². The second-order valence-corrected chi connectivity index (χ2v) is 7.36. The summed E-state index contributed by atoms with van der Waals surface area (Å²) < 4.78 is 0. The number of carbonyl (C=O) groups is 1. The van der Waals surface area contributed by atoms with Gasteiger partial charge in [-0.2, -0.15) is 0 Å². The molecule has 0 saturated heterocycles. The number of halogens is 2. The minimum absolute atomic E-state index is 0.202. The van der Waals surface area contributed by atoms with E-state index in [1.54, 1.807) is 6.08 Å². The molecule has 0 bridgehead atoms. The Kier molecular flexibility index (Phi) is 10.7. The van der Waals surface area contributed by atoms with Crippen molar-refractivity contribution in [2.45, 2.75) is 46.6 Å². The Bertz CT molecular complexity index is 592. The predicted molar refractivity (Wildman–Crippen MR) is 126 cm³/mol. The third-order valence-corrected chi connectivity index (χ3v) is 5.87. The van der Waals surface area contributed by atoms with Gasteiger partial charge in [0.15, 0.2) is 0 Å². The number of hydrogen-bond acceptors (Lipinski definition) is 2. The fraction of sp³-hybridized carbons (Fsp3) is 0.571. The van der Waals surface area contributed by atoms with Gasteiger partial charge in [-0.1, -0.05) is 48.5 Å². The Balaban J connectivity index is 0.00000163. The Hall–Kier alpha value is -0.150. The van der Waals surface area contributed by atoms with Crippen LogP contribution in [-0.2, 0) is 4.79 Å². The van der Waals surface area contributed by atoms with E-state index in [2.05, 4.69) is 83.2 Å². The van der Waals surface area contributed by atoms with Crippen LogP contribution < -0.4 is 0 Å². The van der Waals surface area contributed by atoms with Gasteiger partial charge in [0, 0.05) is 55.1 Å². The number of aliphatic hydroxyl groups is 1. The third-order valence-electron chi connectivity index (χ3n) is 5.87. The maximum Gasteiger partial charge on any atom is 0.328 e. The number of aliphatic hydroxyl groups excluding tert-OH is 1. The van der Waals surface area contributed by atoms with E-state index in [4.69, 9.17) is 5.11 Å². The molecular formula is C21H30I2O3. The van der Waals surface area contributed by atoms with Crippen LogP contribution in [0.15, 0.2) is 47.6 Å². The first-order chi connectivity index (χ1) is 12.4. The summed E-state index contributed by atoms with van der Waals surface area (Å²) in [6.45, 7) is 8.68. The largest absolute Gasteiger partial charge is 0.478 e. The van der Waals surface area contributed by atoms with Crippen LogP contribution in [0.3, 0.4) is 0 Å². The molecule has 1 fully saturated rings. The molecule has 0 radical (unpaired) electrons. The first-order valence-corrected chi connectivity index (χ1v) is 15.4. The van der Waals surface area contributed by atoms with Gasteiger partial charge in [-0.3, -0.25) is 0 Å². The molecule has 2 aliphatic rings. The van der Waals surface area contributed by atoms with E-state index in [1.165, 1.54) is 11.1 Å². The molecule has 2 N–H and O–H groups in total. The van der Waals surface area contributed by atoms with Gasteiger partial charge in [0.1, 0.15) is 0 Å². The van der Waals surface area contributed by atoms with E-state index in [9.17, 15) is 9.90 Å². The number of carboxylic acids is 1. The van der Waals surface area contributed by atoms with Crippen LogP contribution in [-0.4, -0.2) is 22.3 Å². The molecule has 0 spiro atoms. The smallest absolute Gasteiger partial charge is 0.328 e. The number of allylic oxidation sites excluding steroid dienone is 6. The zero-order chi connectivity index (χ0) is 19.9. The number of hydrogen-bond donors (Lipinski definition) is 2. The van der Waals surface area contributed by atoms with Gasteiger partial charge in [-0.05, 0) is 51.4 Å². The number of fused-ring (bicyclic) bond motifs is 1. The van der Waals surface area contributed by atoms with Gasteiger partial charge in [0.05, 0.1) is 6.10 Å². The predicted octanol–water partition coefficient (Wildman–Crippen LogP) is 6.14. The number of aliphatic carboxylic acids is 1. The monoisotopic (exact) mass is 584 g/mol. The zero-order valence-corrected chi connectivity index (χ0v) is 20.2. The summed E-state index contributed by atoms with van der Waals surface area (Å²) in [4.78, 5) is 10.7. The molecular weight excluding hydrogens is 554 g/mol.